The molecule has 0 saturated carbocycles. The molecule has 0 radical (unpaired) electrons. The Kier molecular flexibility index (Phi) is 10.4. The molecule has 0 bridgehead atoms. The minimum absolute atomic E-state index is 0.260. The van der Waals surface area contributed by atoms with Gasteiger partial charge in [0.2, 0.25) is 0 Å². The number of hydrogen-bond acceptors (Lipinski definition) is 3. The van der Waals surface area contributed by atoms with Crippen molar-refractivity contribution in [3.05, 3.63) is 0 Å². The van der Waals surface area contributed by atoms with Crippen molar-refractivity contribution in [2.45, 2.75) is 77.4 Å². The maximum Gasteiger partial charge on any atom is 0.0962 e. The van der Waals surface area contributed by atoms with Gasteiger partial charge in [-0.15, -0.1) is 0 Å². The van der Waals surface area contributed by atoms with Crippen LogP contribution in [0.25, 0.3) is 0 Å². The molecule has 1 N–H and O–H groups in total. The zero-order valence-electron chi connectivity index (χ0n) is 13.0. The monoisotopic (exact) mass is 271 g/mol. The number of ether oxygens (including phenoxy) is 2. The lowest BCUT2D eigenvalue weighted by Crippen LogP contribution is -2.46. The van der Waals surface area contributed by atoms with Crippen molar-refractivity contribution in [3.63, 3.8) is 0 Å². The van der Waals surface area contributed by atoms with E-state index in [1.54, 1.807) is 0 Å². The molecule has 0 amide bonds. The first kappa shape index (κ1) is 16.9. The molecule has 2 atom stereocenters. The van der Waals surface area contributed by atoms with Crippen molar-refractivity contribution in [2.75, 3.05) is 26.4 Å². The van der Waals surface area contributed by atoms with E-state index in [-0.39, 0.29) is 6.10 Å². The van der Waals surface area contributed by atoms with Gasteiger partial charge in [-0.1, -0.05) is 52.4 Å². The number of unbranched alkanes of at least 4 members (excludes halogenated alkanes) is 5. The van der Waals surface area contributed by atoms with E-state index in [9.17, 15) is 0 Å². The molecule has 114 valence electrons. The second-order valence-corrected chi connectivity index (χ2v) is 5.60. The van der Waals surface area contributed by atoms with Gasteiger partial charge in [-0.2, -0.15) is 0 Å². The van der Waals surface area contributed by atoms with Crippen LogP contribution in [0.15, 0.2) is 0 Å². The lowest BCUT2D eigenvalue weighted by molar-refractivity contribution is -0.102. The highest BCUT2D eigenvalue weighted by molar-refractivity contribution is 4.78. The van der Waals surface area contributed by atoms with E-state index >= 15 is 0 Å². The summed E-state index contributed by atoms with van der Waals surface area (Å²) in [6.45, 7) is 7.84. The number of rotatable bonds is 11. The molecule has 1 saturated heterocycles. The van der Waals surface area contributed by atoms with Crippen LogP contribution in [0.4, 0.5) is 0 Å². The molecule has 0 aromatic carbocycles. The van der Waals surface area contributed by atoms with Gasteiger partial charge in [0, 0.05) is 6.04 Å². The fraction of sp³-hybridized carbons (Fsp3) is 1.00. The summed E-state index contributed by atoms with van der Waals surface area (Å²) in [5.74, 6) is 0. The zero-order chi connectivity index (χ0) is 13.8. The average Bonchev–Trinajstić information content (AvgIpc) is 2.46. The second kappa shape index (κ2) is 11.7. The van der Waals surface area contributed by atoms with Crippen molar-refractivity contribution in [1.29, 1.82) is 0 Å². The van der Waals surface area contributed by atoms with Crippen LogP contribution in [0, 0.1) is 0 Å². The molecule has 0 aromatic rings. The normalized spacial score (nSPS) is 21.5. The van der Waals surface area contributed by atoms with Gasteiger partial charge in [0.15, 0.2) is 0 Å². The van der Waals surface area contributed by atoms with Crippen LogP contribution in [0.3, 0.4) is 0 Å². The summed E-state index contributed by atoms with van der Waals surface area (Å²) in [6.07, 6.45) is 10.8. The molecule has 1 aliphatic rings. The minimum Gasteiger partial charge on any atom is -0.376 e. The Morgan fingerprint density at radius 1 is 1.00 bits per heavy atom. The summed E-state index contributed by atoms with van der Waals surface area (Å²) < 4.78 is 11.4. The Hall–Kier alpha value is -0.120. The second-order valence-electron chi connectivity index (χ2n) is 5.60. The molecule has 2 unspecified atom stereocenters. The lowest BCUT2D eigenvalue weighted by atomic mass is 10.0. The largest absolute Gasteiger partial charge is 0.376 e. The summed E-state index contributed by atoms with van der Waals surface area (Å²) >= 11 is 0. The van der Waals surface area contributed by atoms with Crippen LogP contribution in [0.1, 0.15) is 65.2 Å². The minimum atomic E-state index is 0.260. The quantitative estimate of drug-likeness (QED) is 0.583. The molecular weight excluding hydrogens is 238 g/mol. The Labute approximate surface area is 119 Å². The highest BCUT2D eigenvalue weighted by atomic mass is 16.6. The number of nitrogens with one attached hydrogen (secondary N) is 1. The third kappa shape index (κ3) is 7.91. The first-order valence-corrected chi connectivity index (χ1v) is 8.31. The lowest BCUT2D eigenvalue weighted by Gasteiger charge is -2.31. The van der Waals surface area contributed by atoms with Crippen LogP contribution in [0.2, 0.25) is 0 Å². The van der Waals surface area contributed by atoms with Gasteiger partial charge >= 0.3 is 0 Å². The molecule has 1 aliphatic heterocycles. The van der Waals surface area contributed by atoms with E-state index in [1.807, 2.05) is 0 Å². The van der Waals surface area contributed by atoms with Crippen LogP contribution in [-0.2, 0) is 9.47 Å². The molecule has 0 aliphatic carbocycles. The van der Waals surface area contributed by atoms with Gasteiger partial charge in [0.1, 0.15) is 0 Å². The van der Waals surface area contributed by atoms with Crippen LogP contribution in [-0.4, -0.2) is 38.5 Å². The highest BCUT2D eigenvalue weighted by Crippen LogP contribution is 2.14. The fourth-order valence-electron chi connectivity index (χ4n) is 2.63. The van der Waals surface area contributed by atoms with Crippen LogP contribution in [0.5, 0.6) is 0 Å². The van der Waals surface area contributed by atoms with Crippen molar-refractivity contribution in [3.8, 4) is 0 Å². The van der Waals surface area contributed by atoms with Crippen LogP contribution < -0.4 is 5.32 Å². The highest BCUT2D eigenvalue weighted by Gasteiger charge is 2.23. The van der Waals surface area contributed by atoms with E-state index in [1.165, 1.54) is 51.4 Å². The SMILES string of the molecule is CCCCCCCCC(NCCC)C1COCCO1. The van der Waals surface area contributed by atoms with E-state index in [2.05, 4.69) is 19.2 Å². The third-order valence-corrected chi connectivity index (χ3v) is 3.82. The topological polar surface area (TPSA) is 30.5 Å². The first-order chi connectivity index (χ1) is 9.38. The Bertz CT molecular complexity index is 193. The summed E-state index contributed by atoms with van der Waals surface area (Å²) in [5, 5.41) is 3.64. The van der Waals surface area contributed by atoms with Gasteiger partial charge in [0.05, 0.1) is 25.9 Å². The van der Waals surface area contributed by atoms with E-state index in [0.29, 0.717) is 6.04 Å². The smallest absolute Gasteiger partial charge is 0.0962 e. The average molecular weight is 271 g/mol. The van der Waals surface area contributed by atoms with E-state index in [4.69, 9.17) is 9.47 Å². The molecule has 3 heteroatoms. The predicted molar refractivity (Wildman–Crippen MR) is 80.6 cm³/mol. The van der Waals surface area contributed by atoms with Crippen molar-refractivity contribution in [1.82, 2.24) is 5.32 Å². The summed E-state index contributed by atoms with van der Waals surface area (Å²) in [4.78, 5) is 0. The van der Waals surface area contributed by atoms with E-state index in [0.717, 1.165) is 26.4 Å². The van der Waals surface area contributed by atoms with E-state index < -0.39 is 0 Å². The van der Waals surface area contributed by atoms with Gasteiger partial charge in [-0.05, 0) is 19.4 Å². The van der Waals surface area contributed by atoms with Crippen molar-refractivity contribution < 1.29 is 9.47 Å². The summed E-state index contributed by atoms with van der Waals surface area (Å²) in [6, 6.07) is 0.478. The third-order valence-electron chi connectivity index (χ3n) is 3.82. The molecular formula is C16H33NO2. The molecule has 0 spiro atoms. The molecule has 19 heavy (non-hydrogen) atoms. The van der Waals surface area contributed by atoms with Gasteiger partial charge in [0.25, 0.3) is 0 Å². The summed E-state index contributed by atoms with van der Waals surface area (Å²) in [5.41, 5.74) is 0. The van der Waals surface area contributed by atoms with Crippen LogP contribution >= 0.6 is 0 Å². The zero-order valence-corrected chi connectivity index (χ0v) is 13.0. The molecule has 1 fully saturated rings. The Morgan fingerprint density at radius 2 is 1.79 bits per heavy atom. The molecule has 3 nitrogen and oxygen atoms in total. The standard InChI is InChI=1S/C16H33NO2/c1-3-5-6-7-8-9-10-15(17-11-4-2)16-14-18-12-13-19-16/h15-17H,3-14H2,1-2H3. The predicted octanol–water partition coefficient (Wildman–Crippen LogP) is 3.52. The Morgan fingerprint density at radius 3 is 2.47 bits per heavy atom. The summed E-state index contributed by atoms with van der Waals surface area (Å²) in [7, 11) is 0. The van der Waals surface area contributed by atoms with Crippen molar-refractivity contribution >= 4 is 0 Å². The molecule has 1 heterocycles. The maximum absolute atomic E-state index is 5.85. The molecule has 0 aromatic heterocycles. The van der Waals surface area contributed by atoms with Gasteiger partial charge < -0.3 is 14.8 Å². The van der Waals surface area contributed by atoms with Gasteiger partial charge in [-0.3, -0.25) is 0 Å². The molecule has 1 rings (SSSR count). The first-order valence-electron chi connectivity index (χ1n) is 8.31. The van der Waals surface area contributed by atoms with Crippen molar-refractivity contribution in [2.24, 2.45) is 0 Å². The maximum atomic E-state index is 5.85. The van der Waals surface area contributed by atoms with Gasteiger partial charge in [-0.25, -0.2) is 0 Å². The fourth-order valence-corrected chi connectivity index (χ4v) is 2.63. The number of hydrogen-bond donors (Lipinski definition) is 1. The Balaban J connectivity index is 2.16.